The minimum absolute atomic E-state index is 1.15. The molecule has 1 heterocycles. The second kappa shape index (κ2) is 6.00. The Hall–Kier alpha value is -1.96. The van der Waals surface area contributed by atoms with Crippen LogP contribution in [0.5, 0.6) is 0 Å². The lowest BCUT2D eigenvalue weighted by Gasteiger charge is -2.28. The van der Waals surface area contributed by atoms with Crippen molar-refractivity contribution in [3.63, 3.8) is 0 Å². The van der Waals surface area contributed by atoms with Gasteiger partial charge in [-0.15, -0.1) is 0 Å². The van der Waals surface area contributed by atoms with Crippen molar-refractivity contribution in [1.82, 2.24) is 0 Å². The first-order valence-corrected chi connectivity index (χ1v) is 7.50. The Morgan fingerprint density at radius 2 is 1.60 bits per heavy atom. The molecular formula is C18H22N2. The van der Waals surface area contributed by atoms with E-state index in [9.17, 15) is 0 Å². The highest BCUT2D eigenvalue weighted by atomic mass is 15.1. The third kappa shape index (κ3) is 3.13. The number of nitrogens with one attached hydrogen (secondary N) is 1. The largest absolute Gasteiger partial charge is 0.372 e. The van der Waals surface area contributed by atoms with Crippen molar-refractivity contribution in [1.29, 1.82) is 0 Å². The molecule has 3 rings (SSSR count). The Morgan fingerprint density at radius 3 is 2.30 bits per heavy atom. The highest BCUT2D eigenvalue weighted by Crippen LogP contribution is 2.23. The number of anilines is 3. The first-order chi connectivity index (χ1) is 9.81. The van der Waals surface area contributed by atoms with E-state index < -0.39 is 0 Å². The number of hydrogen-bond donors (Lipinski definition) is 1. The summed E-state index contributed by atoms with van der Waals surface area (Å²) in [7, 11) is 0. The van der Waals surface area contributed by atoms with Crippen LogP contribution in [0.15, 0.2) is 48.5 Å². The van der Waals surface area contributed by atoms with Gasteiger partial charge in [0.25, 0.3) is 0 Å². The van der Waals surface area contributed by atoms with Gasteiger partial charge in [0.1, 0.15) is 0 Å². The normalized spacial score (nSPS) is 15.2. The predicted molar refractivity (Wildman–Crippen MR) is 87.0 cm³/mol. The summed E-state index contributed by atoms with van der Waals surface area (Å²) < 4.78 is 0. The molecule has 2 aromatic carbocycles. The molecule has 2 nitrogen and oxygen atoms in total. The first kappa shape index (κ1) is 13.0. The van der Waals surface area contributed by atoms with E-state index in [1.165, 1.54) is 43.6 Å². The highest BCUT2D eigenvalue weighted by molar-refractivity contribution is 5.63. The molecule has 0 bridgehead atoms. The van der Waals surface area contributed by atoms with Gasteiger partial charge in [-0.2, -0.15) is 0 Å². The van der Waals surface area contributed by atoms with Crippen molar-refractivity contribution < 1.29 is 0 Å². The topological polar surface area (TPSA) is 15.3 Å². The molecule has 2 heteroatoms. The van der Waals surface area contributed by atoms with E-state index in [1.807, 2.05) is 0 Å². The molecule has 0 radical (unpaired) electrons. The fourth-order valence-corrected chi connectivity index (χ4v) is 2.80. The van der Waals surface area contributed by atoms with Gasteiger partial charge in [0.2, 0.25) is 0 Å². The smallest absolute Gasteiger partial charge is 0.0386 e. The highest BCUT2D eigenvalue weighted by Gasteiger charge is 2.10. The van der Waals surface area contributed by atoms with Crippen LogP contribution in [0.2, 0.25) is 0 Å². The van der Waals surface area contributed by atoms with Crippen LogP contribution in [0.25, 0.3) is 0 Å². The third-order valence-electron chi connectivity index (χ3n) is 3.90. The summed E-state index contributed by atoms with van der Waals surface area (Å²) >= 11 is 0. The molecule has 2 aromatic rings. The van der Waals surface area contributed by atoms with Gasteiger partial charge in [-0.05, 0) is 68.1 Å². The van der Waals surface area contributed by atoms with E-state index in [0.717, 1.165) is 11.4 Å². The maximum atomic E-state index is 3.46. The van der Waals surface area contributed by atoms with Gasteiger partial charge in [-0.1, -0.05) is 12.1 Å². The second-order valence-electron chi connectivity index (χ2n) is 5.59. The van der Waals surface area contributed by atoms with Gasteiger partial charge in [-0.25, -0.2) is 0 Å². The molecule has 0 atom stereocenters. The fraction of sp³-hybridized carbons (Fsp3) is 0.333. The third-order valence-corrected chi connectivity index (χ3v) is 3.90. The molecule has 20 heavy (non-hydrogen) atoms. The van der Waals surface area contributed by atoms with Gasteiger partial charge >= 0.3 is 0 Å². The molecule has 0 aromatic heterocycles. The molecule has 0 unspecified atom stereocenters. The molecule has 1 N–H and O–H groups in total. The van der Waals surface area contributed by atoms with Crippen molar-refractivity contribution in [3.8, 4) is 0 Å². The Bertz CT molecular complexity index is 554. The average molecular weight is 266 g/mol. The van der Waals surface area contributed by atoms with Gasteiger partial charge in [0.05, 0.1) is 0 Å². The number of aryl methyl sites for hydroxylation is 1. The number of nitrogens with zero attached hydrogens (tertiary/aromatic N) is 1. The van der Waals surface area contributed by atoms with Crippen LogP contribution in [0, 0.1) is 6.92 Å². The lowest BCUT2D eigenvalue weighted by molar-refractivity contribution is 0.578. The van der Waals surface area contributed by atoms with Crippen LogP contribution in [-0.4, -0.2) is 13.1 Å². The summed E-state index contributed by atoms with van der Waals surface area (Å²) in [5, 5.41) is 3.46. The lowest BCUT2D eigenvalue weighted by atomic mass is 10.1. The summed E-state index contributed by atoms with van der Waals surface area (Å²) in [6.45, 7) is 4.51. The van der Waals surface area contributed by atoms with Crippen LogP contribution in [0.4, 0.5) is 17.1 Å². The van der Waals surface area contributed by atoms with E-state index >= 15 is 0 Å². The van der Waals surface area contributed by atoms with E-state index in [4.69, 9.17) is 0 Å². The van der Waals surface area contributed by atoms with Crippen molar-refractivity contribution in [2.45, 2.75) is 26.2 Å². The van der Waals surface area contributed by atoms with E-state index in [2.05, 4.69) is 65.7 Å². The SMILES string of the molecule is Cc1cccc(Nc2ccc(N3CCCCC3)cc2)c1. The summed E-state index contributed by atoms with van der Waals surface area (Å²) in [5.74, 6) is 0. The van der Waals surface area contributed by atoms with E-state index in [0.29, 0.717) is 0 Å². The number of benzene rings is 2. The van der Waals surface area contributed by atoms with Gasteiger partial charge in [0, 0.05) is 30.2 Å². The van der Waals surface area contributed by atoms with Crippen molar-refractivity contribution in [3.05, 3.63) is 54.1 Å². The summed E-state index contributed by atoms with van der Waals surface area (Å²) in [6, 6.07) is 17.3. The lowest BCUT2D eigenvalue weighted by Crippen LogP contribution is -2.29. The van der Waals surface area contributed by atoms with Crippen LogP contribution >= 0.6 is 0 Å². The first-order valence-electron chi connectivity index (χ1n) is 7.50. The summed E-state index contributed by atoms with van der Waals surface area (Å²) in [4.78, 5) is 2.49. The molecule has 1 aliphatic rings. The second-order valence-corrected chi connectivity index (χ2v) is 5.59. The molecule has 1 fully saturated rings. The van der Waals surface area contributed by atoms with Crippen LogP contribution in [0.1, 0.15) is 24.8 Å². The molecule has 0 spiro atoms. The predicted octanol–water partition coefficient (Wildman–Crippen LogP) is 4.73. The van der Waals surface area contributed by atoms with Crippen LogP contribution < -0.4 is 10.2 Å². The van der Waals surface area contributed by atoms with Crippen LogP contribution in [-0.2, 0) is 0 Å². The Labute approximate surface area is 121 Å². The molecule has 1 saturated heterocycles. The maximum absolute atomic E-state index is 3.46. The number of hydrogen-bond acceptors (Lipinski definition) is 2. The molecule has 104 valence electrons. The fourth-order valence-electron chi connectivity index (χ4n) is 2.80. The Balaban J connectivity index is 1.69. The minimum atomic E-state index is 1.15. The monoisotopic (exact) mass is 266 g/mol. The van der Waals surface area contributed by atoms with E-state index in [1.54, 1.807) is 0 Å². The Morgan fingerprint density at radius 1 is 0.850 bits per heavy atom. The summed E-state index contributed by atoms with van der Waals surface area (Å²) in [5.41, 5.74) is 4.92. The van der Waals surface area contributed by atoms with Crippen LogP contribution in [0.3, 0.4) is 0 Å². The standard InChI is InChI=1S/C18H22N2/c1-15-6-5-7-17(14-15)19-16-8-10-18(11-9-16)20-12-3-2-4-13-20/h5-11,14,19H,2-4,12-13H2,1H3. The molecule has 0 saturated carbocycles. The van der Waals surface area contributed by atoms with Crippen molar-refractivity contribution >= 4 is 17.1 Å². The van der Waals surface area contributed by atoms with Crippen molar-refractivity contribution in [2.24, 2.45) is 0 Å². The van der Waals surface area contributed by atoms with Gasteiger partial charge in [0.15, 0.2) is 0 Å². The van der Waals surface area contributed by atoms with E-state index in [-0.39, 0.29) is 0 Å². The zero-order valence-electron chi connectivity index (χ0n) is 12.1. The quantitative estimate of drug-likeness (QED) is 0.864. The van der Waals surface area contributed by atoms with Gasteiger partial charge in [-0.3, -0.25) is 0 Å². The minimum Gasteiger partial charge on any atom is -0.372 e. The zero-order chi connectivity index (χ0) is 13.8. The molecule has 0 amide bonds. The molecular weight excluding hydrogens is 244 g/mol. The average Bonchev–Trinajstić information content (AvgIpc) is 2.49. The van der Waals surface area contributed by atoms with Crippen molar-refractivity contribution in [2.75, 3.05) is 23.3 Å². The molecule has 0 aliphatic carbocycles. The molecule has 1 aliphatic heterocycles. The number of piperidine rings is 1. The summed E-state index contributed by atoms with van der Waals surface area (Å²) in [6.07, 6.45) is 4.02. The van der Waals surface area contributed by atoms with Gasteiger partial charge < -0.3 is 10.2 Å². The number of rotatable bonds is 3. The Kier molecular flexibility index (Phi) is 3.91. The zero-order valence-corrected chi connectivity index (χ0v) is 12.1. The maximum Gasteiger partial charge on any atom is 0.0386 e.